The number of hydrogen-bond donors (Lipinski definition) is 1. The van der Waals surface area contributed by atoms with E-state index in [1.807, 2.05) is 18.2 Å². The van der Waals surface area contributed by atoms with Crippen LogP contribution in [0.4, 0.5) is 0 Å². The van der Waals surface area contributed by atoms with Gasteiger partial charge < -0.3 is 10.1 Å². The predicted molar refractivity (Wildman–Crippen MR) is 88.9 cm³/mol. The fraction of sp³-hybridized carbons (Fsp3) is 0.600. The Balaban J connectivity index is 2.20. The van der Waals surface area contributed by atoms with Crippen molar-refractivity contribution < 1.29 is 4.74 Å². The van der Waals surface area contributed by atoms with E-state index in [0.717, 1.165) is 21.2 Å². The highest BCUT2D eigenvalue weighted by Gasteiger charge is 2.06. The summed E-state index contributed by atoms with van der Waals surface area (Å²) in [4.78, 5) is 0. The lowest BCUT2D eigenvalue weighted by Gasteiger charge is -2.15. The average Bonchev–Trinajstić information content (AvgIpc) is 2.37. The van der Waals surface area contributed by atoms with Crippen molar-refractivity contribution in [2.75, 3.05) is 13.2 Å². The maximum Gasteiger partial charge on any atom is 0.147 e. The molecule has 0 saturated heterocycles. The summed E-state index contributed by atoms with van der Waals surface area (Å²) in [7, 11) is 0. The van der Waals surface area contributed by atoms with E-state index in [4.69, 9.17) is 4.74 Å². The average molecular weight is 393 g/mol. The van der Waals surface area contributed by atoms with Gasteiger partial charge in [-0.05, 0) is 57.3 Å². The number of halogens is 2. The summed E-state index contributed by atoms with van der Waals surface area (Å²) >= 11 is 6.99. The molecule has 2 nitrogen and oxygen atoms in total. The van der Waals surface area contributed by atoms with Crippen molar-refractivity contribution in [1.29, 1.82) is 0 Å². The number of benzene rings is 1. The van der Waals surface area contributed by atoms with E-state index >= 15 is 0 Å². The summed E-state index contributed by atoms with van der Waals surface area (Å²) < 4.78 is 7.76. The molecule has 0 aliphatic rings. The summed E-state index contributed by atoms with van der Waals surface area (Å²) in [5.74, 6) is 0.878. The first-order chi connectivity index (χ1) is 9.15. The van der Waals surface area contributed by atoms with Crippen LogP contribution in [0.15, 0.2) is 27.1 Å². The van der Waals surface area contributed by atoms with Crippen LogP contribution in [0.2, 0.25) is 0 Å². The van der Waals surface area contributed by atoms with E-state index < -0.39 is 0 Å². The van der Waals surface area contributed by atoms with Crippen LogP contribution >= 0.6 is 31.9 Å². The smallest absolute Gasteiger partial charge is 0.147 e. The fourth-order valence-electron chi connectivity index (χ4n) is 1.88. The third kappa shape index (κ3) is 6.77. The Morgan fingerprint density at radius 1 is 1.21 bits per heavy atom. The van der Waals surface area contributed by atoms with Crippen molar-refractivity contribution in [2.24, 2.45) is 0 Å². The van der Waals surface area contributed by atoms with Crippen LogP contribution in [0.1, 0.15) is 39.5 Å². The molecular formula is C15H23Br2NO. The predicted octanol–water partition coefficient (Wildman–Crippen LogP) is 5.15. The molecule has 1 N–H and O–H groups in total. The first-order valence-corrected chi connectivity index (χ1v) is 8.54. The summed E-state index contributed by atoms with van der Waals surface area (Å²) in [6.45, 7) is 6.03. The minimum absolute atomic E-state index is 0.567. The third-order valence-electron chi connectivity index (χ3n) is 3.00. The summed E-state index contributed by atoms with van der Waals surface area (Å²) in [6, 6.07) is 6.52. The van der Waals surface area contributed by atoms with E-state index in [-0.39, 0.29) is 0 Å². The Morgan fingerprint density at radius 3 is 2.53 bits per heavy atom. The number of ether oxygens (including phenoxy) is 1. The lowest BCUT2D eigenvalue weighted by Crippen LogP contribution is -2.30. The van der Waals surface area contributed by atoms with Crippen LogP contribution in [-0.4, -0.2) is 19.2 Å². The second-order valence-corrected chi connectivity index (χ2v) is 6.46. The standard InChI is InChI=1S/C15H23Br2NO/c1-3-4-5-7-12(2)18-10-11-19-15-13(16)8-6-9-14(15)17/h6,8-9,12,18H,3-5,7,10-11H2,1-2H3. The molecule has 0 spiro atoms. The number of unbranched alkanes of at least 4 members (excludes halogenated alkanes) is 2. The highest BCUT2D eigenvalue weighted by molar-refractivity contribution is 9.11. The van der Waals surface area contributed by atoms with Gasteiger partial charge in [-0.15, -0.1) is 0 Å². The zero-order chi connectivity index (χ0) is 14.1. The third-order valence-corrected chi connectivity index (χ3v) is 4.25. The molecule has 1 aromatic rings. The van der Waals surface area contributed by atoms with Crippen molar-refractivity contribution >= 4 is 31.9 Å². The number of hydrogen-bond acceptors (Lipinski definition) is 2. The molecule has 108 valence electrons. The molecule has 0 radical (unpaired) electrons. The summed E-state index contributed by atoms with van der Waals surface area (Å²) in [5, 5.41) is 3.50. The molecule has 0 saturated carbocycles. The van der Waals surface area contributed by atoms with E-state index in [1.54, 1.807) is 0 Å². The van der Waals surface area contributed by atoms with Crippen LogP contribution in [0.25, 0.3) is 0 Å². The number of nitrogens with one attached hydrogen (secondary N) is 1. The normalized spacial score (nSPS) is 12.4. The maximum atomic E-state index is 5.79. The Kier molecular flexibility index (Phi) is 8.75. The molecule has 4 heteroatoms. The Morgan fingerprint density at radius 2 is 1.89 bits per heavy atom. The van der Waals surface area contributed by atoms with Gasteiger partial charge in [-0.1, -0.05) is 32.3 Å². The van der Waals surface area contributed by atoms with Crippen LogP contribution < -0.4 is 10.1 Å². The van der Waals surface area contributed by atoms with Crippen LogP contribution in [0, 0.1) is 0 Å². The van der Waals surface area contributed by atoms with Gasteiger partial charge >= 0.3 is 0 Å². The minimum atomic E-state index is 0.567. The SMILES string of the molecule is CCCCCC(C)NCCOc1c(Br)cccc1Br. The molecule has 0 aromatic heterocycles. The molecule has 0 aliphatic carbocycles. The van der Waals surface area contributed by atoms with Gasteiger partial charge in [0.15, 0.2) is 0 Å². The van der Waals surface area contributed by atoms with E-state index in [1.165, 1.54) is 25.7 Å². The van der Waals surface area contributed by atoms with Gasteiger partial charge in [0.1, 0.15) is 12.4 Å². The molecule has 1 unspecified atom stereocenters. The zero-order valence-corrected chi connectivity index (χ0v) is 14.9. The van der Waals surface area contributed by atoms with Gasteiger partial charge in [0.2, 0.25) is 0 Å². The van der Waals surface area contributed by atoms with Gasteiger partial charge in [0.25, 0.3) is 0 Å². The quantitative estimate of drug-likeness (QED) is 0.586. The highest BCUT2D eigenvalue weighted by Crippen LogP contribution is 2.32. The van der Waals surface area contributed by atoms with Crippen LogP contribution in [-0.2, 0) is 0 Å². The molecule has 1 aromatic carbocycles. The largest absolute Gasteiger partial charge is 0.490 e. The molecule has 0 fully saturated rings. The molecule has 1 atom stereocenters. The molecule has 0 aliphatic heterocycles. The summed E-state index contributed by atoms with van der Waals surface area (Å²) in [5.41, 5.74) is 0. The lowest BCUT2D eigenvalue weighted by atomic mass is 10.1. The minimum Gasteiger partial charge on any atom is -0.490 e. The Bertz CT molecular complexity index is 351. The fourth-order valence-corrected chi connectivity index (χ4v) is 3.11. The van der Waals surface area contributed by atoms with Crippen LogP contribution in [0.3, 0.4) is 0 Å². The first-order valence-electron chi connectivity index (χ1n) is 6.95. The van der Waals surface area contributed by atoms with Crippen molar-refractivity contribution in [3.63, 3.8) is 0 Å². The maximum absolute atomic E-state index is 5.79. The topological polar surface area (TPSA) is 21.3 Å². The van der Waals surface area contributed by atoms with E-state index in [2.05, 4.69) is 51.0 Å². The second kappa shape index (κ2) is 9.78. The van der Waals surface area contributed by atoms with Gasteiger partial charge in [0, 0.05) is 12.6 Å². The monoisotopic (exact) mass is 391 g/mol. The highest BCUT2D eigenvalue weighted by atomic mass is 79.9. The molecule has 0 heterocycles. The number of para-hydroxylation sites is 1. The molecule has 19 heavy (non-hydrogen) atoms. The lowest BCUT2D eigenvalue weighted by molar-refractivity contribution is 0.301. The van der Waals surface area contributed by atoms with Crippen molar-refractivity contribution in [2.45, 2.75) is 45.6 Å². The van der Waals surface area contributed by atoms with Gasteiger partial charge in [-0.2, -0.15) is 0 Å². The van der Waals surface area contributed by atoms with Crippen molar-refractivity contribution in [1.82, 2.24) is 5.32 Å². The van der Waals surface area contributed by atoms with Crippen molar-refractivity contribution in [3.8, 4) is 5.75 Å². The zero-order valence-electron chi connectivity index (χ0n) is 11.7. The van der Waals surface area contributed by atoms with Gasteiger partial charge in [0.05, 0.1) is 8.95 Å². The molecular weight excluding hydrogens is 370 g/mol. The van der Waals surface area contributed by atoms with Crippen LogP contribution in [0.5, 0.6) is 5.75 Å². The van der Waals surface area contributed by atoms with Crippen molar-refractivity contribution in [3.05, 3.63) is 27.1 Å². The molecule has 1 rings (SSSR count). The van der Waals surface area contributed by atoms with E-state index in [9.17, 15) is 0 Å². The molecule has 0 amide bonds. The molecule has 0 bridgehead atoms. The second-order valence-electron chi connectivity index (χ2n) is 4.75. The first kappa shape index (κ1) is 17.0. The van der Waals surface area contributed by atoms with Gasteiger partial charge in [-0.3, -0.25) is 0 Å². The summed E-state index contributed by atoms with van der Waals surface area (Å²) in [6.07, 6.45) is 5.16. The number of rotatable bonds is 9. The van der Waals surface area contributed by atoms with Gasteiger partial charge in [-0.25, -0.2) is 0 Å². The van der Waals surface area contributed by atoms with E-state index in [0.29, 0.717) is 12.6 Å². The Labute approximate surface area is 133 Å². The Hall–Kier alpha value is -0.0600.